The third-order valence-corrected chi connectivity index (χ3v) is 4.04. The van der Waals surface area contributed by atoms with Crippen molar-refractivity contribution in [1.29, 1.82) is 0 Å². The molecule has 26 heavy (non-hydrogen) atoms. The zero-order chi connectivity index (χ0) is 19.3. The third kappa shape index (κ3) is 3.64. The van der Waals surface area contributed by atoms with Gasteiger partial charge in [0.05, 0.1) is 14.2 Å². The van der Waals surface area contributed by atoms with E-state index in [4.69, 9.17) is 14.2 Å². The molecule has 6 nitrogen and oxygen atoms in total. The topological polar surface area (TPSA) is 82.1 Å². The molecule has 0 heterocycles. The molecular formula is C20H22O6. The van der Waals surface area contributed by atoms with Crippen LogP contribution in [-0.4, -0.2) is 31.3 Å². The number of esters is 2. The quantitative estimate of drug-likeness (QED) is 0.631. The molecule has 138 valence electrons. The zero-order valence-electron chi connectivity index (χ0n) is 15.2. The number of hydrogen-bond acceptors (Lipinski definition) is 6. The summed E-state index contributed by atoms with van der Waals surface area (Å²) in [5.74, 6) is -1.24. The van der Waals surface area contributed by atoms with Crippen LogP contribution in [0.25, 0.3) is 0 Å². The molecule has 0 radical (unpaired) electrons. The summed E-state index contributed by atoms with van der Waals surface area (Å²) < 4.78 is 15.5. The second-order valence-electron chi connectivity index (χ2n) is 6.04. The number of ether oxygens (including phenoxy) is 3. The number of phenols is 1. The Labute approximate surface area is 152 Å². The normalized spacial score (nSPS) is 11.1. The van der Waals surface area contributed by atoms with E-state index in [1.165, 1.54) is 24.3 Å². The summed E-state index contributed by atoms with van der Waals surface area (Å²) in [7, 11) is 2.32. The van der Waals surface area contributed by atoms with E-state index in [-0.39, 0.29) is 11.3 Å². The molecule has 0 saturated carbocycles. The Kier molecular flexibility index (Phi) is 5.87. The van der Waals surface area contributed by atoms with E-state index in [9.17, 15) is 14.7 Å². The minimum atomic E-state index is -2.14. The first kappa shape index (κ1) is 19.3. The van der Waals surface area contributed by atoms with Gasteiger partial charge in [0.2, 0.25) is 0 Å². The number of carbonyl (C=O) groups excluding carboxylic acids is 2. The van der Waals surface area contributed by atoms with Gasteiger partial charge in [-0.15, -0.1) is 0 Å². The summed E-state index contributed by atoms with van der Waals surface area (Å²) in [5.41, 5.74) is -0.873. The van der Waals surface area contributed by atoms with Crippen molar-refractivity contribution >= 4 is 11.9 Å². The van der Waals surface area contributed by atoms with Gasteiger partial charge in [0.15, 0.2) is 0 Å². The van der Waals surface area contributed by atoms with Crippen molar-refractivity contribution in [2.75, 3.05) is 14.2 Å². The number of benzene rings is 2. The van der Waals surface area contributed by atoms with Gasteiger partial charge in [-0.25, -0.2) is 9.59 Å². The van der Waals surface area contributed by atoms with E-state index in [1.807, 2.05) is 12.1 Å². The van der Waals surface area contributed by atoms with E-state index in [0.29, 0.717) is 11.7 Å². The second kappa shape index (κ2) is 7.91. The standard InChI is InChI=1S/C20H22O6/c1-13(2)14-5-11-17(12-6-14)26-20(18(22)24-3,19(23)25-4)15-7-9-16(21)10-8-15/h5-13,21H,1-4H3. The zero-order valence-corrected chi connectivity index (χ0v) is 15.2. The number of carbonyl (C=O) groups is 2. The Morgan fingerprint density at radius 2 is 1.38 bits per heavy atom. The van der Waals surface area contributed by atoms with E-state index in [0.717, 1.165) is 19.8 Å². The van der Waals surface area contributed by atoms with E-state index < -0.39 is 17.5 Å². The Bertz CT molecular complexity index is 746. The molecule has 0 aliphatic heterocycles. The van der Waals surface area contributed by atoms with Gasteiger partial charge in [0, 0.05) is 5.56 Å². The van der Waals surface area contributed by atoms with E-state index in [2.05, 4.69) is 13.8 Å². The van der Waals surface area contributed by atoms with Gasteiger partial charge >= 0.3 is 17.5 Å². The van der Waals surface area contributed by atoms with Crippen LogP contribution in [0.2, 0.25) is 0 Å². The SMILES string of the molecule is COC(=O)C(Oc1ccc(C(C)C)cc1)(C(=O)OC)c1ccc(O)cc1. The molecule has 2 rings (SSSR count). The summed E-state index contributed by atoms with van der Waals surface area (Å²) >= 11 is 0. The molecule has 0 bridgehead atoms. The predicted molar refractivity (Wildman–Crippen MR) is 95.0 cm³/mol. The molecular weight excluding hydrogens is 336 g/mol. The van der Waals surface area contributed by atoms with Crippen molar-refractivity contribution in [3.8, 4) is 11.5 Å². The molecule has 0 fully saturated rings. The molecule has 0 unspecified atom stereocenters. The molecule has 0 spiro atoms. The number of phenolic OH excluding ortho intramolecular Hbond substituents is 1. The number of rotatable bonds is 6. The Morgan fingerprint density at radius 3 is 1.81 bits per heavy atom. The molecule has 2 aromatic rings. The maximum atomic E-state index is 12.6. The average Bonchev–Trinajstić information content (AvgIpc) is 2.66. The minimum absolute atomic E-state index is 0.0151. The largest absolute Gasteiger partial charge is 0.508 e. The Morgan fingerprint density at radius 1 is 0.885 bits per heavy atom. The van der Waals surface area contributed by atoms with Gasteiger partial charge in [-0.3, -0.25) is 0 Å². The lowest BCUT2D eigenvalue weighted by atomic mass is 9.93. The third-order valence-electron chi connectivity index (χ3n) is 4.04. The van der Waals surface area contributed by atoms with Gasteiger partial charge in [0.1, 0.15) is 11.5 Å². The van der Waals surface area contributed by atoms with Crippen molar-refractivity contribution in [3.05, 3.63) is 59.7 Å². The summed E-state index contributed by atoms with van der Waals surface area (Å²) in [5, 5.41) is 9.51. The molecule has 0 aromatic heterocycles. The fraction of sp³-hybridized carbons (Fsp3) is 0.300. The molecule has 2 aromatic carbocycles. The maximum absolute atomic E-state index is 12.6. The summed E-state index contributed by atoms with van der Waals surface area (Å²) in [6, 6.07) is 12.6. The van der Waals surface area contributed by atoms with Crippen LogP contribution in [0.15, 0.2) is 48.5 Å². The summed E-state index contributed by atoms with van der Waals surface area (Å²) in [4.78, 5) is 25.2. The summed E-state index contributed by atoms with van der Waals surface area (Å²) in [6.45, 7) is 4.11. The molecule has 0 saturated heterocycles. The van der Waals surface area contributed by atoms with Crippen LogP contribution < -0.4 is 4.74 Å². The smallest absolute Gasteiger partial charge is 0.367 e. The highest BCUT2D eigenvalue weighted by atomic mass is 16.6. The molecule has 0 aliphatic carbocycles. The van der Waals surface area contributed by atoms with Crippen LogP contribution in [0.3, 0.4) is 0 Å². The molecule has 0 aliphatic rings. The molecule has 0 amide bonds. The number of methoxy groups -OCH3 is 2. The van der Waals surface area contributed by atoms with Crippen molar-refractivity contribution in [1.82, 2.24) is 0 Å². The maximum Gasteiger partial charge on any atom is 0.367 e. The lowest BCUT2D eigenvalue weighted by Crippen LogP contribution is -2.50. The minimum Gasteiger partial charge on any atom is -0.508 e. The average molecular weight is 358 g/mol. The van der Waals surface area contributed by atoms with Gasteiger partial charge in [-0.05, 0) is 35.7 Å². The van der Waals surface area contributed by atoms with Crippen LogP contribution in [0.1, 0.15) is 30.9 Å². The highest BCUT2D eigenvalue weighted by Gasteiger charge is 2.53. The first-order chi connectivity index (χ1) is 12.3. The van der Waals surface area contributed by atoms with E-state index >= 15 is 0 Å². The number of hydrogen-bond donors (Lipinski definition) is 1. The summed E-state index contributed by atoms with van der Waals surface area (Å²) in [6.07, 6.45) is 0. The van der Waals surface area contributed by atoms with Gasteiger partial charge in [-0.2, -0.15) is 0 Å². The second-order valence-corrected chi connectivity index (χ2v) is 6.04. The highest BCUT2D eigenvalue weighted by molar-refractivity contribution is 6.05. The monoisotopic (exact) mass is 358 g/mol. The molecule has 6 heteroatoms. The molecule has 0 atom stereocenters. The lowest BCUT2D eigenvalue weighted by Gasteiger charge is -2.29. The van der Waals surface area contributed by atoms with Crippen molar-refractivity contribution in [2.24, 2.45) is 0 Å². The first-order valence-electron chi connectivity index (χ1n) is 8.10. The highest BCUT2D eigenvalue weighted by Crippen LogP contribution is 2.33. The van der Waals surface area contributed by atoms with Crippen molar-refractivity contribution in [2.45, 2.75) is 25.4 Å². The fourth-order valence-corrected chi connectivity index (χ4v) is 2.54. The predicted octanol–water partition coefficient (Wildman–Crippen LogP) is 3.14. The van der Waals surface area contributed by atoms with E-state index in [1.54, 1.807) is 12.1 Å². The van der Waals surface area contributed by atoms with Gasteiger partial charge < -0.3 is 19.3 Å². The van der Waals surface area contributed by atoms with Gasteiger partial charge in [-0.1, -0.05) is 38.1 Å². The Balaban J connectivity index is 2.56. The number of aromatic hydroxyl groups is 1. The van der Waals surface area contributed by atoms with Gasteiger partial charge in [0.25, 0.3) is 0 Å². The van der Waals surface area contributed by atoms with Crippen LogP contribution in [0.5, 0.6) is 11.5 Å². The Hall–Kier alpha value is -3.02. The fourth-order valence-electron chi connectivity index (χ4n) is 2.54. The van der Waals surface area contributed by atoms with Crippen LogP contribution in [0.4, 0.5) is 0 Å². The first-order valence-corrected chi connectivity index (χ1v) is 8.10. The van der Waals surface area contributed by atoms with Crippen LogP contribution in [0, 0.1) is 0 Å². The van der Waals surface area contributed by atoms with Crippen molar-refractivity contribution < 1.29 is 28.9 Å². The lowest BCUT2D eigenvalue weighted by molar-refractivity contribution is -0.178. The van der Waals surface area contributed by atoms with Crippen molar-refractivity contribution in [3.63, 3.8) is 0 Å². The van der Waals surface area contributed by atoms with Crippen LogP contribution >= 0.6 is 0 Å². The van der Waals surface area contributed by atoms with Crippen LogP contribution in [-0.2, 0) is 24.7 Å². The molecule has 1 N–H and O–H groups in total.